The third-order valence-electron chi connectivity index (χ3n) is 6.87. The van der Waals surface area contributed by atoms with Crippen LogP contribution in [0.2, 0.25) is 0 Å². The number of halogens is 1. The van der Waals surface area contributed by atoms with E-state index in [0.717, 1.165) is 31.2 Å². The summed E-state index contributed by atoms with van der Waals surface area (Å²) in [6.45, 7) is 2.05. The molecular formula is C25H27FN4O2. The number of fused-ring (bicyclic) bond motifs is 3. The molecule has 1 saturated carbocycles. The van der Waals surface area contributed by atoms with Gasteiger partial charge in [-0.3, -0.25) is 9.59 Å². The van der Waals surface area contributed by atoms with Crippen molar-refractivity contribution in [2.45, 2.75) is 63.7 Å². The van der Waals surface area contributed by atoms with Gasteiger partial charge in [0, 0.05) is 11.6 Å². The van der Waals surface area contributed by atoms with Crippen LogP contribution in [-0.4, -0.2) is 37.8 Å². The molecule has 5 rings (SSSR count). The summed E-state index contributed by atoms with van der Waals surface area (Å²) < 4.78 is 16.3. The molecule has 1 aliphatic heterocycles. The molecule has 1 atom stereocenters. The molecule has 166 valence electrons. The van der Waals surface area contributed by atoms with Gasteiger partial charge in [-0.05, 0) is 38.0 Å². The second-order valence-electron chi connectivity index (χ2n) is 9.08. The van der Waals surface area contributed by atoms with Gasteiger partial charge in [-0.25, -0.2) is 9.37 Å². The zero-order valence-corrected chi connectivity index (χ0v) is 18.2. The van der Waals surface area contributed by atoms with Gasteiger partial charge in [0.25, 0.3) is 5.91 Å². The van der Waals surface area contributed by atoms with Crippen molar-refractivity contribution in [3.05, 3.63) is 65.7 Å². The van der Waals surface area contributed by atoms with E-state index in [-0.39, 0.29) is 36.8 Å². The van der Waals surface area contributed by atoms with Gasteiger partial charge < -0.3 is 14.8 Å². The summed E-state index contributed by atoms with van der Waals surface area (Å²) in [6.07, 6.45) is 5.27. The molecule has 1 fully saturated rings. The summed E-state index contributed by atoms with van der Waals surface area (Å²) in [5, 5.41) is 3.19. The molecule has 0 saturated heterocycles. The van der Waals surface area contributed by atoms with E-state index in [0.29, 0.717) is 11.1 Å². The average molecular weight is 435 g/mol. The summed E-state index contributed by atoms with van der Waals surface area (Å²) in [5.41, 5.74) is 0.728. The van der Waals surface area contributed by atoms with E-state index in [2.05, 4.69) is 10.3 Å². The number of nitrogens with zero attached hydrogens (tertiary/aromatic N) is 3. The molecule has 1 N–H and O–H groups in total. The molecule has 2 aromatic carbocycles. The van der Waals surface area contributed by atoms with Crippen LogP contribution in [0.1, 0.15) is 55.2 Å². The van der Waals surface area contributed by atoms with Crippen LogP contribution in [0, 0.1) is 5.82 Å². The lowest BCUT2D eigenvalue weighted by Crippen LogP contribution is -2.64. The number of imidazole rings is 1. The maximum atomic E-state index is 14.5. The Morgan fingerprint density at radius 3 is 2.62 bits per heavy atom. The van der Waals surface area contributed by atoms with Gasteiger partial charge in [0.05, 0.1) is 24.1 Å². The van der Waals surface area contributed by atoms with Crippen LogP contribution in [-0.2, 0) is 17.9 Å². The number of carbonyl (C=O) groups excluding carboxylic acids is 2. The fourth-order valence-electron chi connectivity index (χ4n) is 4.96. The van der Waals surface area contributed by atoms with E-state index in [1.165, 1.54) is 17.4 Å². The minimum absolute atomic E-state index is 0.00327. The Balaban J connectivity index is 1.56. The fourth-order valence-corrected chi connectivity index (χ4v) is 4.96. The predicted molar refractivity (Wildman–Crippen MR) is 119 cm³/mol. The molecule has 2 aliphatic rings. The first-order valence-corrected chi connectivity index (χ1v) is 11.3. The summed E-state index contributed by atoms with van der Waals surface area (Å²) in [5.74, 6) is -0.672. The lowest BCUT2D eigenvalue weighted by atomic mass is 9.91. The van der Waals surface area contributed by atoms with Crippen molar-refractivity contribution in [1.29, 1.82) is 0 Å². The normalized spacial score (nSPS) is 21.6. The Morgan fingerprint density at radius 1 is 1.12 bits per heavy atom. The Hall–Kier alpha value is -3.22. The molecule has 0 unspecified atom stereocenters. The molecule has 0 radical (unpaired) electrons. The number of hydrogen-bond donors (Lipinski definition) is 1. The number of rotatable bonds is 4. The van der Waals surface area contributed by atoms with E-state index in [4.69, 9.17) is 0 Å². The van der Waals surface area contributed by atoms with Gasteiger partial charge in [-0.15, -0.1) is 0 Å². The molecule has 6 nitrogen and oxygen atoms in total. The molecular weight excluding hydrogens is 407 g/mol. The largest absolute Gasteiger partial charge is 0.351 e. The van der Waals surface area contributed by atoms with Gasteiger partial charge in [0.15, 0.2) is 5.82 Å². The van der Waals surface area contributed by atoms with Gasteiger partial charge in [0.2, 0.25) is 5.91 Å². The number of amides is 2. The lowest BCUT2D eigenvalue weighted by molar-refractivity contribution is -0.134. The highest BCUT2D eigenvalue weighted by Gasteiger charge is 2.49. The van der Waals surface area contributed by atoms with Crippen LogP contribution in [0.15, 0.2) is 48.5 Å². The van der Waals surface area contributed by atoms with Crippen molar-refractivity contribution in [3.8, 4) is 0 Å². The highest BCUT2D eigenvalue weighted by molar-refractivity contribution is 6.01. The average Bonchev–Trinajstić information content (AvgIpc) is 3.17. The Morgan fingerprint density at radius 2 is 1.84 bits per heavy atom. The van der Waals surface area contributed by atoms with Crippen LogP contribution in [0.25, 0.3) is 11.0 Å². The van der Waals surface area contributed by atoms with Crippen LogP contribution in [0.4, 0.5) is 4.39 Å². The number of para-hydroxylation sites is 2. The Kier molecular flexibility index (Phi) is 5.19. The highest BCUT2D eigenvalue weighted by atomic mass is 19.1. The van der Waals surface area contributed by atoms with E-state index >= 15 is 0 Å². The molecule has 1 aliphatic carbocycles. The molecule has 2 amide bonds. The number of benzene rings is 2. The smallest absolute Gasteiger partial charge is 0.291 e. The molecule has 2 heterocycles. The van der Waals surface area contributed by atoms with Crippen LogP contribution < -0.4 is 5.32 Å². The minimum Gasteiger partial charge on any atom is -0.351 e. The van der Waals surface area contributed by atoms with Crippen molar-refractivity contribution in [1.82, 2.24) is 19.8 Å². The van der Waals surface area contributed by atoms with Crippen molar-refractivity contribution in [3.63, 3.8) is 0 Å². The van der Waals surface area contributed by atoms with Crippen molar-refractivity contribution in [2.24, 2.45) is 0 Å². The van der Waals surface area contributed by atoms with E-state index < -0.39 is 11.4 Å². The number of carbonyl (C=O) groups is 2. The SMILES string of the molecule is C[C@@]1(C(=O)NC2CCCCC2)Cn2c(nc3ccccc32)C(=O)N1Cc1ccccc1F. The maximum Gasteiger partial charge on any atom is 0.291 e. The van der Waals surface area contributed by atoms with Crippen molar-refractivity contribution >= 4 is 22.8 Å². The summed E-state index contributed by atoms with van der Waals surface area (Å²) in [4.78, 5) is 33.3. The first-order valence-electron chi connectivity index (χ1n) is 11.3. The topological polar surface area (TPSA) is 67.2 Å². The quantitative estimate of drug-likeness (QED) is 0.674. The van der Waals surface area contributed by atoms with Gasteiger partial charge >= 0.3 is 0 Å². The van der Waals surface area contributed by atoms with Crippen LogP contribution >= 0.6 is 0 Å². The van der Waals surface area contributed by atoms with E-state index in [1.54, 1.807) is 25.1 Å². The predicted octanol–water partition coefficient (Wildman–Crippen LogP) is 4.04. The van der Waals surface area contributed by atoms with Gasteiger partial charge in [-0.1, -0.05) is 49.6 Å². The van der Waals surface area contributed by atoms with E-state index in [1.807, 2.05) is 28.8 Å². The summed E-state index contributed by atoms with van der Waals surface area (Å²) in [6, 6.07) is 14.0. The van der Waals surface area contributed by atoms with E-state index in [9.17, 15) is 14.0 Å². The zero-order chi connectivity index (χ0) is 22.3. The third kappa shape index (κ3) is 3.45. The second-order valence-corrected chi connectivity index (χ2v) is 9.08. The number of aromatic nitrogens is 2. The monoisotopic (exact) mass is 434 g/mol. The van der Waals surface area contributed by atoms with Crippen LogP contribution in [0.3, 0.4) is 0 Å². The van der Waals surface area contributed by atoms with Crippen LogP contribution in [0.5, 0.6) is 0 Å². The molecule has 0 spiro atoms. The maximum absolute atomic E-state index is 14.5. The summed E-state index contributed by atoms with van der Waals surface area (Å²) >= 11 is 0. The summed E-state index contributed by atoms with van der Waals surface area (Å²) in [7, 11) is 0. The Bertz CT molecular complexity index is 1180. The van der Waals surface area contributed by atoms with Gasteiger partial charge in [0.1, 0.15) is 11.4 Å². The highest BCUT2D eigenvalue weighted by Crippen LogP contribution is 2.32. The van der Waals surface area contributed by atoms with Crippen molar-refractivity contribution < 1.29 is 14.0 Å². The second kappa shape index (κ2) is 8.04. The van der Waals surface area contributed by atoms with Crippen molar-refractivity contribution in [2.75, 3.05) is 0 Å². The lowest BCUT2D eigenvalue weighted by Gasteiger charge is -2.44. The number of hydrogen-bond acceptors (Lipinski definition) is 3. The standard InChI is InChI=1S/C25H27FN4O2/c1-25(24(32)27-18-10-3-2-4-11-18)16-29-21-14-8-7-13-20(21)28-22(29)23(31)30(25)15-17-9-5-6-12-19(17)26/h5-9,12-14,18H,2-4,10-11,15-16H2,1H3,(H,27,32)/t25-/m0/s1. The minimum atomic E-state index is -1.17. The Labute approximate surface area is 186 Å². The zero-order valence-electron chi connectivity index (χ0n) is 18.2. The first kappa shape index (κ1) is 20.7. The third-order valence-corrected chi connectivity index (χ3v) is 6.87. The molecule has 0 bridgehead atoms. The first-order chi connectivity index (χ1) is 15.5. The molecule has 7 heteroatoms. The fraction of sp³-hybridized carbons (Fsp3) is 0.400. The molecule has 32 heavy (non-hydrogen) atoms. The molecule has 1 aromatic heterocycles. The molecule has 3 aromatic rings. The van der Waals surface area contributed by atoms with Gasteiger partial charge in [-0.2, -0.15) is 0 Å². The number of nitrogens with one attached hydrogen (secondary N) is 1.